The molecule has 0 spiro atoms. The van der Waals surface area contributed by atoms with Crippen molar-refractivity contribution < 1.29 is 13.5 Å². The molecule has 0 heterocycles. The Morgan fingerprint density at radius 3 is 1.96 bits per heavy atom. The minimum atomic E-state index is -3.24. The van der Waals surface area contributed by atoms with Crippen LogP contribution in [0.15, 0.2) is 35.8 Å². The lowest BCUT2D eigenvalue weighted by molar-refractivity contribution is 0.263. The Bertz CT molecular complexity index is 475. The zero-order chi connectivity index (χ0) is 18.3. The van der Waals surface area contributed by atoms with Crippen molar-refractivity contribution >= 4 is 9.84 Å². The van der Waals surface area contributed by atoms with Crippen molar-refractivity contribution in [1.82, 2.24) is 0 Å². The van der Waals surface area contributed by atoms with Crippen molar-refractivity contribution in [3.8, 4) is 0 Å². The first-order valence-electron chi connectivity index (χ1n) is 9.34. The van der Waals surface area contributed by atoms with Crippen molar-refractivity contribution in [2.45, 2.75) is 84.2 Å². The third-order valence-corrected chi connectivity index (χ3v) is 5.59. The molecular weight excluding hydrogens is 320 g/mol. The molecule has 0 aliphatic rings. The second-order valence-electron chi connectivity index (χ2n) is 6.32. The summed E-state index contributed by atoms with van der Waals surface area (Å²) in [5, 5.41) is 11.0. The van der Waals surface area contributed by atoms with Crippen LogP contribution >= 0.6 is 0 Å². The Balaban J connectivity index is 3.84. The van der Waals surface area contributed by atoms with E-state index in [9.17, 15) is 13.5 Å². The molecule has 0 radical (unpaired) electrons. The second-order valence-corrected chi connectivity index (χ2v) is 8.32. The summed E-state index contributed by atoms with van der Waals surface area (Å²) < 4.78 is 23.9. The average Bonchev–Trinajstić information content (AvgIpc) is 2.56. The molecule has 0 aromatic heterocycles. The van der Waals surface area contributed by atoms with E-state index in [0.717, 1.165) is 18.2 Å². The first-order chi connectivity index (χ1) is 11.5. The van der Waals surface area contributed by atoms with Gasteiger partial charge in [-0.2, -0.15) is 0 Å². The summed E-state index contributed by atoms with van der Waals surface area (Å²) in [7, 11) is -3.24. The van der Waals surface area contributed by atoms with Gasteiger partial charge in [-0.1, -0.05) is 83.4 Å². The van der Waals surface area contributed by atoms with Gasteiger partial charge in [0.2, 0.25) is 0 Å². The third-order valence-electron chi connectivity index (χ3n) is 4.16. The Kier molecular flexibility index (Phi) is 13.9. The largest absolute Gasteiger partial charge is 0.384 e. The van der Waals surface area contributed by atoms with E-state index in [-0.39, 0.29) is 5.75 Å². The van der Waals surface area contributed by atoms with E-state index in [4.69, 9.17) is 0 Å². The number of hydrogen-bond donors (Lipinski definition) is 1. The first kappa shape index (κ1) is 23.1. The van der Waals surface area contributed by atoms with Crippen LogP contribution in [0.25, 0.3) is 0 Å². The minimum Gasteiger partial charge on any atom is -0.384 e. The van der Waals surface area contributed by atoms with Crippen LogP contribution < -0.4 is 0 Å². The molecule has 3 nitrogen and oxygen atoms in total. The fraction of sp³-hybridized carbons (Fsp3) is 0.700. The van der Waals surface area contributed by atoms with Crippen LogP contribution in [-0.4, -0.2) is 25.4 Å². The van der Waals surface area contributed by atoms with E-state index >= 15 is 0 Å². The number of unbranched alkanes of at least 4 members (excludes halogenated alkanes) is 9. The van der Waals surface area contributed by atoms with Gasteiger partial charge in [-0.25, -0.2) is 8.42 Å². The van der Waals surface area contributed by atoms with E-state index in [1.807, 2.05) is 0 Å². The summed E-state index contributed by atoms with van der Waals surface area (Å²) in [6.45, 7) is 7.60. The number of allylic oxidation sites excluding steroid dienone is 1. The maximum Gasteiger partial charge on any atom is 0.171 e. The number of aliphatic hydroxyl groups excluding tert-OH is 1. The van der Waals surface area contributed by atoms with Gasteiger partial charge in [-0.15, -0.1) is 0 Å². The molecule has 0 saturated carbocycles. The molecule has 0 fully saturated rings. The molecule has 1 unspecified atom stereocenters. The zero-order valence-electron chi connectivity index (χ0n) is 15.5. The molecular formula is C20H36O3S. The number of rotatable bonds is 15. The number of aliphatic hydroxyl groups is 1. The van der Waals surface area contributed by atoms with Crippen LogP contribution in [0, 0.1) is 0 Å². The molecule has 0 amide bonds. The smallest absolute Gasteiger partial charge is 0.171 e. The molecule has 0 rings (SSSR count). The van der Waals surface area contributed by atoms with Gasteiger partial charge in [-0.05, 0) is 25.0 Å². The van der Waals surface area contributed by atoms with Crippen molar-refractivity contribution in [3.05, 3.63) is 35.8 Å². The van der Waals surface area contributed by atoms with Crippen LogP contribution in [0.4, 0.5) is 0 Å². The van der Waals surface area contributed by atoms with Gasteiger partial charge in [0.15, 0.2) is 9.84 Å². The van der Waals surface area contributed by atoms with Crippen LogP contribution in [-0.2, 0) is 9.84 Å². The summed E-state index contributed by atoms with van der Waals surface area (Å²) in [5.41, 5.74) is 0.611. The van der Waals surface area contributed by atoms with Gasteiger partial charge >= 0.3 is 0 Å². The van der Waals surface area contributed by atoms with Crippen LogP contribution in [0.2, 0.25) is 0 Å². The van der Waals surface area contributed by atoms with E-state index in [1.54, 1.807) is 13.0 Å². The Morgan fingerprint density at radius 2 is 1.50 bits per heavy atom. The van der Waals surface area contributed by atoms with E-state index < -0.39 is 15.9 Å². The normalized spacial score (nSPS) is 14.2. The van der Waals surface area contributed by atoms with E-state index in [2.05, 4.69) is 13.5 Å². The standard InChI is InChI=1S/C20H36O3S/c1-4-7-8-9-10-11-12-13-14-15-17-24(22,23)18-16-20(21)19(5-2)6-3/h5-6,16,18,20-21H,2,4,7-15,17H2,1,3H3/b18-16+,19-6+. The van der Waals surface area contributed by atoms with E-state index in [0.29, 0.717) is 12.0 Å². The molecule has 0 aliphatic heterocycles. The fourth-order valence-corrected chi connectivity index (χ4v) is 3.70. The molecule has 1 atom stereocenters. The monoisotopic (exact) mass is 356 g/mol. The predicted molar refractivity (Wildman–Crippen MR) is 105 cm³/mol. The molecule has 0 aliphatic carbocycles. The molecule has 140 valence electrons. The first-order valence-corrected chi connectivity index (χ1v) is 11.1. The van der Waals surface area contributed by atoms with Gasteiger partial charge in [0.05, 0.1) is 11.9 Å². The second kappa shape index (κ2) is 14.5. The minimum absolute atomic E-state index is 0.159. The Morgan fingerprint density at radius 1 is 1.00 bits per heavy atom. The van der Waals surface area contributed by atoms with Crippen LogP contribution in [0.5, 0.6) is 0 Å². The topological polar surface area (TPSA) is 54.4 Å². The summed E-state index contributed by atoms with van der Waals surface area (Å²) >= 11 is 0. The molecule has 24 heavy (non-hydrogen) atoms. The van der Waals surface area contributed by atoms with Crippen molar-refractivity contribution in [3.63, 3.8) is 0 Å². The van der Waals surface area contributed by atoms with E-state index in [1.165, 1.54) is 57.1 Å². The highest BCUT2D eigenvalue weighted by Gasteiger charge is 2.08. The maximum absolute atomic E-state index is 11.9. The van der Waals surface area contributed by atoms with Gasteiger partial charge in [0, 0.05) is 5.41 Å². The van der Waals surface area contributed by atoms with Crippen molar-refractivity contribution in [2.24, 2.45) is 0 Å². The summed E-state index contributed by atoms with van der Waals surface area (Å²) in [4.78, 5) is 0. The lowest BCUT2D eigenvalue weighted by Gasteiger charge is -2.06. The highest BCUT2D eigenvalue weighted by molar-refractivity contribution is 7.94. The molecule has 0 aromatic rings. The maximum atomic E-state index is 11.9. The summed E-state index contributed by atoms with van der Waals surface area (Å²) in [6, 6.07) is 0. The highest BCUT2D eigenvalue weighted by atomic mass is 32.2. The summed E-state index contributed by atoms with van der Waals surface area (Å²) in [5.74, 6) is 0.159. The lowest BCUT2D eigenvalue weighted by Crippen LogP contribution is -2.08. The van der Waals surface area contributed by atoms with Gasteiger partial charge < -0.3 is 5.11 Å². The number of sulfone groups is 1. The Hall–Kier alpha value is -0.870. The van der Waals surface area contributed by atoms with Gasteiger partial charge in [-0.3, -0.25) is 0 Å². The highest BCUT2D eigenvalue weighted by Crippen LogP contribution is 2.12. The van der Waals surface area contributed by atoms with Crippen LogP contribution in [0.1, 0.15) is 78.1 Å². The molecule has 0 saturated heterocycles. The molecule has 4 heteroatoms. The third kappa shape index (κ3) is 12.5. The van der Waals surface area contributed by atoms with Crippen molar-refractivity contribution in [1.29, 1.82) is 0 Å². The molecule has 1 N–H and O–H groups in total. The number of hydrogen-bond acceptors (Lipinski definition) is 3. The molecule has 0 aromatic carbocycles. The SMILES string of the molecule is C=C/C(=C\C)C(O)/C=C/S(=O)(=O)CCCCCCCCCCCC. The van der Waals surface area contributed by atoms with Crippen molar-refractivity contribution in [2.75, 3.05) is 5.75 Å². The predicted octanol–water partition coefficient (Wildman–Crippen LogP) is 5.33. The molecule has 0 bridgehead atoms. The quantitative estimate of drug-likeness (QED) is 0.319. The fourth-order valence-electron chi connectivity index (χ4n) is 2.57. The summed E-state index contributed by atoms with van der Waals surface area (Å²) in [6.07, 6.45) is 15.5. The lowest BCUT2D eigenvalue weighted by atomic mass is 10.1. The zero-order valence-corrected chi connectivity index (χ0v) is 16.4. The van der Waals surface area contributed by atoms with Crippen LogP contribution in [0.3, 0.4) is 0 Å². The average molecular weight is 357 g/mol. The Labute approximate surface area is 149 Å². The van der Waals surface area contributed by atoms with Gasteiger partial charge in [0.25, 0.3) is 0 Å². The van der Waals surface area contributed by atoms with Gasteiger partial charge in [0.1, 0.15) is 0 Å².